The van der Waals surface area contributed by atoms with Gasteiger partial charge in [0.1, 0.15) is 0 Å². The highest BCUT2D eigenvalue weighted by molar-refractivity contribution is 5.09. The molecule has 0 aliphatic heterocycles. The lowest BCUT2D eigenvalue weighted by molar-refractivity contribution is -0.0431. The van der Waals surface area contributed by atoms with E-state index in [4.69, 9.17) is 5.73 Å². The molecule has 1 aromatic rings. The minimum absolute atomic E-state index is 0.425. The van der Waals surface area contributed by atoms with Gasteiger partial charge in [0.05, 0.1) is 12.0 Å². The van der Waals surface area contributed by atoms with Crippen molar-refractivity contribution in [3.05, 3.63) is 18.2 Å². The summed E-state index contributed by atoms with van der Waals surface area (Å²) in [5.41, 5.74) is 7.23. The van der Waals surface area contributed by atoms with E-state index in [1.165, 1.54) is 44.2 Å². The monoisotopic (exact) mass is 245 g/mol. The molecule has 1 heterocycles. The molecule has 2 N–H and O–H groups in total. The van der Waals surface area contributed by atoms with Crippen LogP contribution in [-0.4, -0.2) is 16.1 Å². The fraction of sp³-hybridized carbons (Fsp3) is 0.800. The first kappa shape index (κ1) is 11.0. The Bertz CT molecular complexity index is 413. The summed E-state index contributed by atoms with van der Waals surface area (Å²) in [7, 11) is 0. The summed E-state index contributed by atoms with van der Waals surface area (Å²) < 4.78 is 2.46. The fourth-order valence-corrected chi connectivity index (χ4v) is 5.28. The first-order chi connectivity index (χ1) is 8.77. The van der Waals surface area contributed by atoms with Crippen molar-refractivity contribution in [2.75, 3.05) is 6.54 Å². The summed E-state index contributed by atoms with van der Waals surface area (Å²) in [5, 5.41) is 0. The van der Waals surface area contributed by atoms with Crippen LogP contribution in [0.25, 0.3) is 0 Å². The summed E-state index contributed by atoms with van der Waals surface area (Å²) >= 11 is 0. The molecule has 4 aliphatic rings. The summed E-state index contributed by atoms with van der Waals surface area (Å²) in [6.45, 7) is 0.706. The molecule has 0 saturated heterocycles. The highest BCUT2D eigenvalue weighted by Gasteiger charge is 2.51. The van der Waals surface area contributed by atoms with Gasteiger partial charge in [-0.25, -0.2) is 4.98 Å². The Morgan fingerprint density at radius 1 is 1.17 bits per heavy atom. The largest absolute Gasteiger partial charge is 0.331 e. The lowest BCUT2D eigenvalue weighted by Crippen LogP contribution is -2.51. The van der Waals surface area contributed by atoms with E-state index in [-0.39, 0.29) is 0 Å². The first-order valence-corrected chi connectivity index (χ1v) is 7.51. The van der Waals surface area contributed by atoms with Gasteiger partial charge in [-0.05, 0) is 62.8 Å². The number of nitrogens with zero attached hydrogens (tertiary/aromatic N) is 2. The molecule has 0 atom stereocenters. The number of rotatable bonds is 3. The molecule has 0 unspecified atom stereocenters. The standard InChI is InChI=1S/C15H23N3/c16-2-1-14-9-18(10-17-14)15-6-11-3-12(7-15)5-13(4-11)8-15/h9-13H,1-8,16H2. The average molecular weight is 245 g/mol. The van der Waals surface area contributed by atoms with Crippen molar-refractivity contribution >= 4 is 0 Å². The SMILES string of the molecule is NCCc1cn(C23CC4CC(CC(C4)C2)C3)cn1. The van der Waals surface area contributed by atoms with E-state index in [2.05, 4.69) is 22.1 Å². The van der Waals surface area contributed by atoms with Gasteiger partial charge in [0.2, 0.25) is 0 Å². The van der Waals surface area contributed by atoms with Gasteiger partial charge in [0.15, 0.2) is 0 Å². The second kappa shape index (κ2) is 3.83. The first-order valence-electron chi connectivity index (χ1n) is 7.51. The number of aromatic nitrogens is 2. The third kappa shape index (κ3) is 1.56. The number of nitrogens with two attached hydrogens (primary N) is 1. The normalized spacial score (nSPS) is 41.5. The van der Waals surface area contributed by atoms with Crippen molar-refractivity contribution < 1.29 is 0 Å². The van der Waals surface area contributed by atoms with Crippen molar-refractivity contribution in [2.24, 2.45) is 23.5 Å². The molecule has 4 aliphatic carbocycles. The van der Waals surface area contributed by atoms with Crippen LogP contribution in [0.2, 0.25) is 0 Å². The molecule has 0 spiro atoms. The third-order valence-corrected chi connectivity index (χ3v) is 5.59. The van der Waals surface area contributed by atoms with Gasteiger partial charge >= 0.3 is 0 Å². The number of hydrogen-bond donors (Lipinski definition) is 1. The van der Waals surface area contributed by atoms with Gasteiger partial charge in [0.25, 0.3) is 0 Å². The van der Waals surface area contributed by atoms with Gasteiger partial charge in [0, 0.05) is 18.2 Å². The zero-order valence-electron chi connectivity index (χ0n) is 11.0. The maximum atomic E-state index is 5.63. The number of imidazole rings is 1. The van der Waals surface area contributed by atoms with Crippen LogP contribution in [0.1, 0.15) is 44.2 Å². The topological polar surface area (TPSA) is 43.8 Å². The van der Waals surface area contributed by atoms with Gasteiger partial charge in [-0.15, -0.1) is 0 Å². The maximum absolute atomic E-state index is 5.63. The molecular formula is C15H23N3. The lowest BCUT2D eigenvalue weighted by Gasteiger charge is -2.57. The Hall–Kier alpha value is -0.830. The zero-order chi connectivity index (χ0) is 12.2. The Balaban J connectivity index is 1.66. The summed E-state index contributed by atoms with van der Waals surface area (Å²) in [6.07, 6.45) is 14.0. The Labute approximate surface area is 109 Å². The van der Waals surface area contributed by atoms with E-state index in [0.717, 1.165) is 24.2 Å². The summed E-state index contributed by atoms with van der Waals surface area (Å²) in [5.74, 6) is 2.99. The van der Waals surface area contributed by atoms with E-state index >= 15 is 0 Å². The van der Waals surface area contributed by atoms with Crippen LogP contribution in [-0.2, 0) is 12.0 Å². The highest BCUT2D eigenvalue weighted by atomic mass is 15.1. The van der Waals surface area contributed by atoms with Gasteiger partial charge < -0.3 is 10.3 Å². The minimum atomic E-state index is 0.425. The van der Waals surface area contributed by atoms with Gasteiger partial charge in [-0.3, -0.25) is 0 Å². The summed E-state index contributed by atoms with van der Waals surface area (Å²) in [6, 6.07) is 0. The van der Waals surface area contributed by atoms with Crippen LogP contribution in [0, 0.1) is 17.8 Å². The third-order valence-electron chi connectivity index (χ3n) is 5.59. The predicted octanol–water partition coefficient (Wildman–Crippen LogP) is 2.31. The van der Waals surface area contributed by atoms with E-state index in [1.54, 1.807) is 0 Å². The van der Waals surface area contributed by atoms with E-state index in [9.17, 15) is 0 Å². The zero-order valence-corrected chi connectivity index (χ0v) is 11.0. The molecule has 3 nitrogen and oxygen atoms in total. The van der Waals surface area contributed by atoms with Crippen molar-refractivity contribution in [3.63, 3.8) is 0 Å². The van der Waals surface area contributed by atoms with Crippen molar-refractivity contribution in [1.29, 1.82) is 0 Å². The highest BCUT2D eigenvalue weighted by Crippen LogP contribution is 2.58. The van der Waals surface area contributed by atoms with Crippen molar-refractivity contribution in [3.8, 4) is 0 Å². The molecule has 3 heteroatoms. The minimum Gasteiger partial charge on any atom is -0.331 e. The van der Waals surface area contributed by atoms with Crippen LogP contribution in [0.5, 0.6) is 0 Å². The van der Waals surface area contributed by atoms with E-state index in [0.29, 0.717) is 12.1 Å². The Morgan fingerprint density at radius 2 is 1.78 bits per heavy atom. The van der Waals surface area contributed by atoms with E-state index in [1.807, 2.05) is 0 Å². The molecular weight excluding hydrogens is 222 g/mol. The maximum Gasteiger partial charge on any atom is 0.0954 e. The smallest absolute Gasteiger partial charge is 0.0954 e. The molecule has 5 rings (SSSR count). The fourth-order valence-electron chi connectivity index (χ4n) is 5.28. The quantitative estimate of drug-likeness (QED) is 0.888. The van der Waals surface area contributed by atoms with Crippen LogP contribution < -0.4 is 5.73 Å². The summed E-state index contributed by atoms with van der Waals surface area (Å²) in [4.78, 5) is 4.55. The van der Waals surface area contributed by atoms with Gasteiger partial charge in [-0.2, -0.15) is 0 Å². The second-order valence-corrected chi connectivity index (χ2v) is 6.95. The molecule has 4 saturated carbocycles. The molecule has 4 fully saturated rings. The molecule has 1 aromatic heterocycles. The van der Waals surface area contributed by atoms with Crippen LogP contribution >= 0.6 is 0 Å². The molecule has 0 aromatic carbocycles. The van der Waals surface area contributed by atoms with Crippen LogP contribution in [0.15, 0.2) is 12.5 Å². The van der Waals surface area contributed by atoms with Crippen LogP contribution in [0.3, 0.4) is 0 Å². The predicted molar refractivity (Wildman–Crippen MR) is 71.1 cm³/mol. The Kier molecular flexibility index (Phi) is 2.35. The van der Waals surface area contributed by atoms with E-state index < -0.39 is 0 Å². The van der Waals surface area contributed by atoms with Crippen molar-refractivity contribution in [2.45, 2.75) is 50.5 Å². The number of hydrogen-bond acceptors (Lipinski definition) is 2. The van der Waals surface area contributed by atoms with Crippen LogP contribution in [0.4, 0.5) is 0 Å². The molecule has 0 amide bonds. The molecule has 0 radical (unpaired) electrons. The average Bonchev–Trinajstić information content (AvgIpc) is 2.77. The lowest BCUT2D eigenvalue weighted by atomic mass is 9.53. The molecule has 4 bridgehead atoms. The second-order valence-electron chi connectivity index (χ2n) is 6.95. The van der Waals surface area contributed by atoms with Crippen molar-refractivity contribution in [1.82, 2.24) is 9.55 Å². The van der Waals surface area contributed by atoms with Gasteiger partial charge in [-0.1, -0.05) is 0 Å². The Morgan fingerprint density at radius 3 is 2.33 bits per heavy atom. The molecule has 18 heavy (non-hydrogen) atoms. The molecule has 98 valence electrons.